The third-order valence-electron chi connectivity index (χ3n) is 5.15. The van der Waals surface area contributed by atoms with Crippen molar-refractivity contribution < 1.29 is 4.74 Å². The summed E-state index contributed by atoms with van der Waals surface area (Å²) in [5.41, 5.74) is 3.52. The number of rotatable bonds is 5. The van der Waals surface area contributed by atoms with E-state index in [4.69, 9.17) is 16.3 Å². The Bertz CT molecular complexity index is 829. The number of benzene rings is 1. The van der Waals surface area contributed by atoms with E-state index in [1.165, 1.54) is 23.2 Å². The summed E-state index contributed by atoms with van der Waals surface area (Å²) in [4.78, 5) is 17.2. The molecular weight excluding hydrogens is 368 g/mol. The Morgan fingerprint density at radius 1 is 1.19 bits per heavy atom. The quantitative estimate of drug-likeness (QED) is 0.565. The molecule has 0 N–H and O–H groups in total. The van der Waals surface area contributed by atoms with Gasteiger partial charge in [0.2, 0.25) is 0 Å². The fourth-order valence-corrected chi connectivity index (χ4v) is 4.94. The van der Waals surface area contributed by atoms with Crippen LogP contribution in [0.4, 0.5) is 0 Å². The number of ether oxygens (including phenoxy) is 1. The Hall–Kier alpha value is -1.30. The smallest absolute Gasteiger partial charge is 0.348 e. The highest BCUT2D eigenvalue weighted by Gasteiger charge is 2.24. The van der Waals surface area contributed by atoms with Gasteiger partial charge in [-0.25, -0.2) is 4.79 Å². The van der Waals surface area contributed by atoms with Gasteiger partial charge in [-0.2, -0.15) is 4.98 Å². The minimum atomic E-state index is -0.125. The highest BCUT2D eigenvalue weighted by Crippen LogP contribution is 2.31. The van der Waals surface area contributed by atoms with E-state index >= 15 is 0 Å². The Morgan fingerprint density at radius 2 is 2.00 bits per heavy atom. The van der Waals surface area contributed by atoms with Gasteiger partial charge in [-0.05, 0) is 56.2 Å². The zero-order valence-electron chi connectivity index (χ0n) is 14.7. The molecule has 4 rings (SSSR count). The topological polar surface area (TPSA) is 44.1 Å². The second-order valence-corrected chi connectivity index (χ2v) is 8.39. The summed E-state index contributed by atoms with van der Waals surface area (Å²) in [6.45, 7) is 1.46. The molecule has 1 aromatic heterocycles. The van der Waals surface area contributed by atoms with Crippen molar-refractivity contribution in [3.05, 3.63) is 56.6 Å². The first kappa shape index (κ1) is 18.1. The lowest BCUT2D eigenvalue weighted by molar-refractivity contribution is 0.0947. The van der Waals surface area contributed by atoms with Crippen molar-refractivity contribution in [3.8, 4) is 0 Å². The minimum Gasteiger partial charge on any atom is -0.376 e. The molecule has 2 aliphatic rings. The van der Waals surface area contributed by atoms with Crippen LogP contribution in [-0.2, 0) is 29.9 Å². The van der Waals surface area contributed by atoms with E-state index < -0.39 is 0 Å². The van der Waals surface area contributed by atoms with E-state index in [2.05, 4.69) is 4.98 Å². The molecule has 1 atom stereocenters. The molecule has 1 saturated heterocycles. The average molecular weight is 391 g/mol. The van der Waals surface area contributed by atoms with Crippen molar-refractivity contribution in [3.63, 3.8) is 0 Å². The summed E-state index contributed by atoms with van der Waals surface area (Å²) in [5.74, 6) is 0.797. The van der Waals surface area contributed by atoms with Crippen LogP contribution in [0.2, 0.25) is 5.02 Å². The zero-order valence-corrected chi connectivity index (χ0v) is 16.3. The van der Waals surface area contributed by atoms with Crippen molar-refractivity contribution in [2.24, 2.45) is 0 Å². The molecular formula is C20H23ClN2O2S. The van der Waals surface area contributed by atoms with Crippen LogP contribution >= 0.6 is 23.4 Å². The van der Waals surface area contributed by atoms with Crippen molar-refractivity contribution in [2.45, 2.75) is 62.0 Å². The molecule has 1 aliphatic heterocycles. The molecule has 4 nitrogen and oxygen atoms in total. The summed E-state index contributed by atoms with van der Waals surface area (Å²) >= 11 is 7.62. The van der Waals surface area contributed by atoms with Gasteiger partial charge in [0.25, 0.3) is 0 Å². The standard InChI is InChI=1S/C20H23ClN2O2S/c21-15-9-7-14(8-10-15)13-26-19-17-5-1-2-6-18(17)23(20(24)22-19)12-16-4-3-11-25-16/h7-10,16H,1-6,11-13H2/t16-/m0/s1. The molecule has 1 aromatic carbocycles. The highest BCUT2D eigenvalue weighted by atomic mass is 35.5. The molecule has 6 heteroatoms. The number of halogens is 1. The van der Waals surface area contributed by atoms with Gasteiger partial charge >= 0.3 is 5.69 Å². The van der Waals surface area contributed by atoms with Gasteiger partial charge in [0.15, 0.2) is 0 Å². The molecule has 1 aliphatic carbocycles. The van der Waals surface area contributed by atoms with E-state index in [9.17, 15) is 4.79 Å². The first-order valence-corrected chi connectivity index (χ1v) is 10.7. The lowest BCUT2D eigenvalue weighted by Gasteiger charge is -2.24. The van der Waals surface area contributed by atoms with Crippen LogP contribution in [0, 0.1) is 0 Å². The SMILES string of the molecule is O=c1nc(SCc2ccc(Cl)cc2)c2c(n1C[C@@H]1CCCO1)CCCC2. The lowest BCUT2D eigenvalue weighted by atomic mass is 9.97. The van der Waals surface area contributed by atoms with Gasteiger partial charge in [-0.3, -0.25) is 4.57 Å². The summed E-state index contributed by atoms with van der Waals surface area (Å²) in [7, 11) is 0. The number of hydrogen-bond donors (Lipinski definition) is 0. The second kappa shape index (κ2) is 8.15. The van der Waals surface area contributed by atoms with Crippen LogP contribution in [0.3, 0.4) is 0 Å². The third-order valence-corrected chi connectivity index (χ3v) is 6.49. The maximum atomic E-state index is 12.7. The summed E-state index contributed by atoms with van der Waals surface area (Å²) in [6.07, 6.45) is 6.57. The van der Waals surface area contributed by atoms with Crippen molar-refractivity contribution in [2.75, 3.05) is 6.61 Å². The lowest BCUT2D eigenvalue weighted by Crippen LogP contribution is -2.33. The zero-order chi connectivity index (χ0) is 17.9. The van der Waals surface area contributed by atoms with Crippen molar-refractivity contribution in [1.82, 2.24) is 9.55 Å². The Balaban J connectivity index is 1.59. The summed E-state index contributed by atoms with van der Waals surface area (Å²) in [6, 6.07) is 7.86. The molecule has 2 heterocycles. The molecule has 138 valence electrons. The van der Waals surface area contributed by atoms with Crippen LogP contribution in [0.1, 0.15) is 42.5 Å². The van der Waals surface area contributed by atoms with Crippen molar-refractivity contribution >= 4 is 23.4 Å². The number of hydrogen-bond acceptors (Lipinski definition) is 4. The normalized spacial score (nSPS) is 19.5. The van der Waals surface area contributed by atoms with Gasteiger partial charge in [-0.1, -0.05) is 23.7 Å². The number of aromatic nitrogens is 2. The second-order valence-electron chi connectivity index (χ2n) is 6.99. The highest BCUT2D eigenvalue weighted by molar-refractivity contribution is 7.98. The Morgan fingerprint density at radius 3 is 2.77 bits per heavy atom. The minimum absolute atomic E-state index is 0.125. The van der Waals surface area contributed by atoms with E-state index in [0.29, 0.717) is 6.54 Å². The first-order chi connectivity index (χ1) is 12.7. The number of thioether (sulfide) groups is 1. The molecule has 26 heavy (non-hydrogen) atoms. The van der Waals surface area contributed by atoms with E-state index in [0.717, 1.165) is 54.5 Å². The number of nitrogens with zero attached hydrogens (tertiary/aromatic N) is 2. The summed E-state index contributed by atoms with van der Waals surface area (Å²) in [5, 5.41) is 1.65. The first-order valence-electron chi connectivity index (χ1n) is 9.32. The van der Waals surface area contributed by atoms with Crippen LogP contribution in [0.5, 0.6) is 0 Å². The van der Waals surface area contributed by atoms with E-state index in [-0.39, 0.29) is 11.8 Å². The van der Waals surface area contributed by atoms with Gasteiger partial charge < -0.3 is 4.74 Å². The fourth-order valence-electron chi connectivity index (χ4n) is 3.78. The van der Waals surface area contributed by atoms with Gasteiger partial charge in [-0.15, -0.1) is 11.8 Å². The third kappa shape index (κ3) is 4.00. The molecule has 0 radical (unpaired) electrons. The maximum Gasteiger partial charge on any atom is 0.348 e. The van der Waals surface area contributed by atoms with Crippen molar-refractivity contribution in [1.29, 1.82) is 0 Å². The average Bonchev–Trinajstić information content (AvgIpc) is 3.17. The number of fused-ring (bicyclic) bond motifs is 1. The monoisotopic (exact) mass is 390 g/mol. The van der Waals surface area contributed by atoms with Gasteiger partial charge in [0.05, 0.1) is 12.6 Å². The largest absolute Gasteiger partial charge is 0.376 e. The van der Waals surface area contributed by atoms with Gasteiger partial charge in [0.1, 0.15) is 5.03 Å². The molecule has 0 saturated carbocycles. The van der Waals surface area contributed by atoms with Gasteiger partial charge in [0, 0.05) is 28.6 Å². The predicted molar refractivity (Wildman–Crippen MR) is 105 cm³/mol. The van der Waals surface area contributed by atoms with Crippen LogP contribution < -0.4 is 5.69 Å². The predicted octanol–water partition coefficient (Wildman–Crippen LogP) is 4.25. The summed E-state index contributed by atoms with van der Waals surface area (Å²) < 4.78 is 7.63. The van der Waals surface area contributed by atoms with Crippen LogP contribution in [0.25, 0.3) is 0 Å². The molecule has 1 fully saturated rings. The molecule has 0 bridgehead atoms. The molecule has 0 amide bonds. The molecule has 0 spiro atoms. The van der Waals surface area contributed by atoms with E-state index in [1.54, 1.807) is 11.8 Å². The van der Waals surface area contributed by atoms with Crippen LogP contribution in [0.15, 0.2) is 34.1 Å². The molecule has 2 aromatic rings. The Kier molecular flexibility index (Phi) is 5.67. The van der Waals surface area contributed by atoms with Crippen LogP contribution in [-0.4, -0.2) is 22.3 Å². The molecule has 0 unspecified atom stereocenters. The van der Waals surface area contributed by atoms with E-state index in [1.807, 2.05) is 28.8 Å². The maximum absolute atomic E-state index is 12.7. The fraction of sp³-hybridized carbons (Fsp3) is 0.500. The Labute approximate surface area is 162 Å².